The third kappa shape index (κ3) is 8.08. The molecule has 3 heteroatoms. The van der Waals surface area contributed by atoms with E-state index in [-0.39, 0.29) is 0 Å². The maximum absolute atomic E-state index is 5.40. The molecule has 0 radical (unpaired) electrons. The van der Waals surface area contributed by atoms with E-state index >= 15 is 0 Å². The minimum atomic E-state index is 0.747. The highest BCUT2D eigenvalue weighted by Gasteiger charge is 2.05. The van der Waals surface area contributed by atoms with E-state index in [0.29, 0.717) is 0 Å². The summed E-state index contributed by atoms with van der Waals surface area (Å²) in [6.07, 6.45) is 3.82. The summed E-state index contributed by atoms with van der Waals surface area (Å²) in [5.74, 6) is 1.74. The molecule has 120 valence electrons. The third-order valence-electron chi connectivity index (χ3n) is 3.58. The van der Waals surface area contributed by atoms with Crippen LogP contribution >= 0.6 is 0 Å². The van der Waals surface area contributed by atoms with Crippen molar-refractivity contribution in [2.75, 3.05) is 33.8 Å². The van der Waals surface area contributed by atoms with Crippen LogP contribution in [0.15, 0.2) is 24.3 Å². The van der Waals surface area contributed by atoms with Gasteiger partial charge in [-0.15, -0.1) is 0 Å². The highest BCUT2D eigenvalue weighted by Crippen LogP contribution is 2.18. The summed E-state index contributed by atoms with van der Waals surface area (Å²) in [5.41, 5.74) is 1.26. The maximum Gasteiger partial charge on any atom is 0.123 e. The number of rotatable bonds is 11. The van der Waals surface area contributed by atoms with Crippen LogP contribution in [0.5, 0.6) is 5.75 Å². The van der Waals surface area contributed by atoms with Gasteiger partial charge in [-0.1, -0.05) is 38.5 Å². The number of hydrogen-bond donors (Lipinski definition) is 1. The molecule has 0 aliphatic heterocycles. The Hall–Kier alpha value is -1.06. The van der Waals surface area contributed by atoms with Gasteiger partial charge in [0.25, 0.3) is 0 Å². The van der Waals surface area contributed by atoms with E-state index < -0.39 is 0 Å². The number of unbranched alkanes of at least 4 members (excludes halogenated alkanes) is 2. The van der Waals surface area contributed by atoms with E-state index in [9.17, 15) is 0 Å². The number of para-hydroxylation sites is 1. The Kier molecular flexibility index (Phi) is 9.11. The third-order valence-corrected chi connectivity index (χ3v) is 3.58. The monoisotopic (exact) mass is 292 g/mol. The lowest BCUT2D eigenvalue weighted by Gasteiger charge is -2.18. The highest BCUT2D eigenvalue weighted by atomic mass is 16.5. The molecule has 0 aliphatic carbocycles. The zero-order valence-corrected chi connectivity index (χ0v) is 14.2. The molecule has 21 heavy (non-hydrogen) atoms. The van der Waals surface area contributed by atoms with E-state index in [1.54, 1.807) is 7.11 Å². The molecule has 0 bridgehead atoms. The first-order valence-corrected chi connectivity index (χ1v) is 8.14. The van der Waals surface area contributed by atoms with Crippen LogP contribution in [0.3, 0.4) is 0 Å². The molecule has 0 heterocycles. The van der Waals surface area contributed by atoms with E-state index in [1.807, 2.05) is 12.1 Å². The molecule has 1 N–H and O–H groups in total. The fourth-order valence-electron chi connectivity index (χ4n) is 2.40. The molecule has 1 aromatic carbocycles. The van der Waals surface area contributed by atoms with Gasteiger partial charge in [0.05, 0.1) is 7.11 Å². The quantitative estimate of drug-likeness (QED) is 0.631. The van der Waals surface area contributed by atoms with Gasteiger partial charge in [0.1, 0.15) is 5.75 Å². The fourth-order valence-corrected chi connectivity index (χ4v) is 2.40. The number of nitrogens with one attached hydrogen (secondary N) is 1. The van der Waals surface area contributed by atoms with Crippen molar-refractivity contribution in [1.82, 2.24) is 10.2 Å². The van der Waals surface area contributed by atoms with Crippen molar-refractivity contribution in [3.63, 3.8) is 0 Å². The normalized spacial score (nSPS) is 11.3. The summed E-state index contributed by atoms with van der Waals surface area (Å²) in [6, 6.07) is 8.27. The largest absolute Gasteiger partial charge is 0.496 e. The molecule has 0 fully saturated rings. The smallest absolute Gasteiger partial charge is 0.123 e. The van der Waals surface area contributed by atoms with Crippen molar-refractivity contribution in [1.29, 1.82) is 0 Å². The van der Waals surface area contributed by atoms with Gasteiger partial charge in [0.15, 0.2) is 0 Å². The minimum absolute atomic E-state index is 0.747. The molecule has 1 rings (SSSR count). The van der Waals surface area contributed by atoms with Crippen molar-refractivity contribution in [3.05, 3.63) is 29.8 Å². The lowest BCUT2D eigenvalue weighted by Crippen LogP contribution is -2.22. The minimum Gasteiger partial charge on any atom is -0.496 e. The molecule has 0 amide bonds. The van der Waals surface area contributed by atoms with Gasteiger partial charge in [-0.25, -0.2) is 0 Å². The van der Waals surface area contributed by atoms with Crippen LogP contribution in [0.25, 0.3) is 0 Å². The average molecular weight is 292 g/mol. The number of ether oxygens (including phenoxy) is 1. The van der Waals surface area contributed by atoms with Crippen LogP contribution < -0.4 is 10.1 Å². The number of hydrogen-bond acceptors (Lipinski definition) is 3. The first-order chi connectivity index (χ1) is 10.1. The topological polar surface area (TPSA) is 24.5 Å². The molecular weight excluding hydrogens is 260 g/mol. The Morgan fingerprint density at radius 1 is 1.14 bits per heavy atom. The van der Waals surface area contributed by atoms with Crippen LogP contribution in [0.2, 0.25) is 0 Å². The van der Waals surface area contributed by atoms with Gasteiger partial charge in [0.2, 0.25) is 0 Å². The van der Waals surface area contributed by atoms with Crippen LogP contribution in [0.1, 0.15) is 38.7 Å². The van der Waals surface area contributed by atoms with Crippen LogP contribution in [0, 0.1) is 5.92 Å². The summed E-state index contributed by atoms with van der Waals surface area (Å²) in [4.78, 5) is 2.37. The summed E-state index contributed by atoms with van der Waals surface area (Å²) >= 11 is 0. The van der Waals surface area contributed by atoms with Crippen LogP contribution in [-0.2, 0) is 6.54 Å². The fraction of sp³-hybridized carbons (Fsp3) is 0.667. The Bertz CT molecular complexity index is 379. The van der Waals surface area contributed by atoms with Crippen molar-refractivity contribution in [2.24, 2.45) is 5.92 Å². The number of nitrogens with zero attached hydrogens (tertiary/aromatic N) is 1. The van der Waals surface area contributed by atoms with E-state index in [4.69, 9.17) is 4.74 Å². The molecule has 0 aromatic heterocycles. The second-order valence-corrected chi connectivity index (χ2v) is 6.21. The summed E-state index contributed by atoms with van der Waals surface area (Å²) < 4.78 is 5.40. The van der Waals surface area contributed by atoms with E-state index in [2.05, 4.69) is 43.2 Å². The van der Waals surface area contributed by atoms with Gasteiger partial charge in [-0.3, -0.25) is 0 Å². The SMILES string of the molecule is COc1ccccc1CN(C)CCCCCNCC(C)C. The van der Waals surface area contributed by atoms with Gasteiger partial charge >= 0.3 is 0 Å². The second kappa shape index (κ2) is 10.6. The lowest BCUT2D eigenvalue weighted by atomic mass is 10.1. The lowest BCUT2D eigenvalue weighted by molar-refractivity contribution is 0.308. The Labute approximate surface area is 130 Å². The van der Waals surface area contributed by atoms with Crippen LogP contribution in [0.4, 0.5) is 0 Å². The van der Waals surface area contributed by atoms with Gasteiger partial charge < -0.3 is 15.0 Å². The highest BCUT2D eigenvalue weighted by molar-refractivity contribution is 5.32. The van der Waals surface area contributed by atoms with Crippen molar-refractivity contribution in [2.45, 2.75) is 39.7 Å². The zero-order valence-electron chi connectivity index (χ0n) is 14.2. The predicted octanol–water partition coefficient (Wildman–Crippen LogP) is 3.54. The first-order valence-electron chi connectivity index (χ1n) is 8.14. The summed E-state index contributed by atoms with van der Waals surface area (Å²) in [6.45, 7) is 8.87. The Morgan fingerprint density at radius 2 is 1.90 bits per heavy atom. The molecular formula is C18H32N2O. The van der Waals surface area contributed by atoms with E-state index in [1.165, 1.54) is 24.8 Å². The second-order valence-electron chi connectivity index (χ2n) is 6.21. The molecule has 0 atom stereocenters. The van der Waals surface area contributed by atoms with Gasteiger partial charge in [-0.2, -0.15) is 0 Å². The van der Waals surface area contributed by atoms with Crippen molar-refractivity contribution in [3.8, 4) is 5.75 Å². The van der Waals surface area contributed by atoms with Crippen molar-refractivity contribution < 1.29 is 4.74 Å². The molecule has 0 aliphatic rings. The molecule has 0 spiro atoms. The predicted molar refractivity (Wildman–Crippen MR) is 90.9 cm³/mol. The maximum atomic E-state index is 5.40. The number of methoxy groups -OCH3 is 1. The molecule has 0 saturated heterocycles. The van der Waals surface area contributed by atoms with Gasteiger partial charge in [0, 0.05) is 12.1 Å². The molecule has 3 nitrogen and oxygen atoms in total. The first kappa shape index (κ1) is 18.0. The van der Waals surface area contributed by atoms with E-state index in [0.717, 1.165) is 37.8 Å². The van der Waals surface area contributed by atoms with Crippen molar-refractivity contribution >= 4 is 0 Å². The average Bonchev–Trinajstić information content (AvgIpc) is 2.46. The molecule has 1 aromatic rings. The summed E-state index contributed by atoms with van der Waals surface area (Å²) in [5, 5.41) is 3.50. The van der Waals surface area contributed by atoms with Crippen LogP contribution in [-0.4, -0.2) is 38.7 Å². The molecule has 0 unspecified atom stereocenters. The summed E-state index contributed by atoms with van der Waals surface area (Å²) in [7, 11) is 3.92. The number of benzene rings is 1. The standard InChI is InChI=1S/C18H32N2O/c1-16(2)14-19-12-8-5-9-13-20(3)15-17-10-6-7-11-18(17)21-4/h6-7,10-11,16,19H,5,8-9,12-15H2,1-4H3. The Morgan fingerprint density at radius 3 is 2.62 bits per heavy atom. The zero-order chi connectivity index (χ0) is 15.5. The van der Waals surface area contributed by atoms with Gasteiger partial charge in [-0.05, 0) is 51.5 Å². The molecule has 0 saturated carbocycles. The Balaban J connectivity index is 2.12.